The van der Waals surface area contributed by atoms with Crippen molar-refractivity contribution in [3.8, 4) is 10.6 Å². The molecular weight excluding hydrogens is 316 g/mol. The maximum atomic E-state index is 12.0. The van der Waals surface area contributed by atoms with E-state index < -0.39 is 0 Å². The molecule has 0 aliphatic rings. The van der Waals surface area contributed by atoms with Gasteiger partial charge in [0.15, 0.2) is 0 Å². The molecule has 3 aromatic rings. The number of aryl methyl sites for hydroxylation is 2. The van der Waals surface area contributed by atoms with Gasteiger partial charge in [-0.2, -0.15) is 0 Å². The van der Waals surface area contributed by atoms with Crippen LogP contribution in [0.3, 0.4) is 0 Å². The number of hydrogen-bond donors (Lipinski definition) is 1. The lowest BCUT2D eigenvalue weighted by Gasteiger charge is -2.04. The smallest absolute Gasteiger partial charge is 0.220 e. The fourth-order valence-corrected chi connectivity index (χ4v) is 3.24. The van der Waals surface area contributed by atoms with Gasteiger partial charge in [0.2, 0.25) is 5.91 Å². The Morgan fingerprint density at radius 3 is 2.58 bits per heavy atom. The molecule has 3 nitrogen and oxygen atoms in total. The zero-order valence-corrected chi connectivity index (χ0v) is 14.5. The van der Waals surface area contributed by atoms with Crippen LogP contribution in [0, 0.1) is 6.92 Å². The molecule has 0 spiro atoms. The summed E-state index contributed by atoms with van der Waals surface area (Å²) in [6.07, 6.45) is 1.13. The van der Waals surface area contributed by atoms with Gasteiger partial charge in [-0.1, -0.05) is 60.2 Å². The highest BCUT2D eigenvalue weighted by atomic mass is 32.1. The standard InChI is InChI=1S/C20H20N2OS/c1-15-7-9-17(10-8-15)20-22-18(14-24-20)11-12-19(23)21-13-16-5-3-2-4-6-16/h2-10,14H,11-13H2,1H3,(H,21,23). The molecule has 0 fully saturated rings. The first-order valence-corrected chi connectivity index (χ1v) is 8.91. The molecule has 0 bridgehead atoms. The summed E-state index contributed by atoms with van der Waals surface area (Å²) in [6, 6.07) is 18.3. The van der Waals surface area contributed by atoms with Gasteiger partial charge in [-0.15, -0.1) is 11.3 Å². The van der Waals surface area contributed by atoms with Crippen molar-refractivity contribution >= 4 is 17.2 Å². The van der Waals surface area contributed by atoms with Crippen LogP contribution in [0.5, 0.6) is 0 Å². The summed E-state index contributed by atoms with van der Waals surface area (Å²) in [5.41, 5.74) is 4.46. The Labute approximate surface area is 146 Å². The van der Waals surface area contributed by atoms with E-state index in [-0.39, 0.29) is 5.91 Å². The maximum Gasteiger partial charge on any atom is 0.220 e. The molecule has 0 saturated carbocycles. The van der Waals surface area contributed by atoms with Gasteiger partial charge < -0.3 is 5.32 Å². The van der Waals surface area contributed by atoms with E-state index in [1.807, 2.05) is 35.7 Å². The second-order valence-corrected chi connectivity index (χ2v) is 6.63. The SMILES string of the molecule is Cc1ccc(-c2nc(CCC(=O)NCc3ccccc3)cs2)cc1. The van der Waals surface area contributed by atoms with E-state index in [0.717, 1.165) is 21.8 Å². The van der Waals surface area contributed by atoms with Crippen molar-refractivity contribution in [3.05, 3.63) is 76.8 Å². The average Bonchev–Trinajstić information content (AvgIpc) is 3.09. The molecule has 0 unspecified atom stereocenters. The molecule has 1 amide bonds. The van der Waals surface area contributed by atoms with E-state index >= 15 is 0 Å². The van der Waals surface area contributed by atoms with Crippen molar-refractivity contribution in [2.24, 2.45) is 0 Å². The Bertz CT molecular complexity index is 794. The van der Waals surface area contributed by atoms with Gasteiger partial charge in [0.25, 0.3) is 0 Å². The topological polar surface area (TPSA) is 42.0 Å². The number of carbonyl (C=O) groups is 1. The molecule has 0 aliphatic heterocycles. The number of rotatable bonds is 6. The fraction of sp³-hybridized carbons (Fsp3) is 0.200. The molecule has 1 aromatic heterocycles. The lowest BCUT2D eigenvalue weighted by Crippen LogP contribution is -2.22. The molecule has 122 valence electrons. The van der Waals surface area contributed by atoms with Crippen molar-refractivity contribution in [2.75, 3.05) is 0 Å². The molecule has 1 N–H and O–H groups in total. The lowest BCUT2D eigenvalue weighted by molar-refractivity contribution is -0.121. The van der Waals surface area contributed by atoms with E-state index in [9.17, 15) is 4.79 Å². The summed E-state index contributed by atoms with van der Waals surface area (Å²) in [5, 5.41) is 6.00. The minimum absolute atomic E-state index is 0.0590. The van der Waals surface area contributed by atoms with E-state index in [1.165, 1.54) is 5.56 Å². The monoisotopic (exact) mass is 336 g/mol. The minimum Gasteiger partial charge on any atom is -0.352 e. The lowest BCUT2D eigenvalue weighted by atomic mass is 10.1. The van der Waals surface area contributed by atoms with Crippen LogP contribution in [0.2, 0.25) is 0 Å². The summed E-state index contributed by atoms with van der Waals surface area (Å²) in [6.45, 7) is 2.65. The second-order valence-electron chi connectivity index (χ2n) is 5.77. The van der Waals surface area contributed by atoms with Crippen LogP contribution in [-0.2, 0) is 17.8 Å². The number of aromatic nitrogens is 1. The van der Waals surface area contributed by atoms with Crippen LogP contribution in [0.15, 0.2) is 60.0 Å². The first kappa shape index (κ1) is 16.4. The number of nitrogens with one attached hydrogen (secondary N) is 1. The number of thiazole rings is 1. The summed E-state index contributed by atoms with van der Waals surface area (Å²) < 4.78 is 0. The summed E-state index contributed by atoms with van der Waals surface area (Å²) in [7, 11) is 0. The number of nitrogens with zero attached hydrogens (tertiary/aromatic N) is 1. The molecular formula is C20H20N2OS. The van der Waals surface area contributed by atoms with Crippen LogP contribution < -0.4 is 5.32 Å². The van der Waals surface area contributed by atoms with E-state index in [2.05, 4.69) is 41.5 Å². The third kappa shape index (κ3) is 4.52. The van der Waals surface area contributed by atoms with Gasteiger partial charge in [0.05, 0.1) is 5.69 Å². The zero-order valence-electron chi connectivity index (χ0n) is 13.7. The van der Waals surface area contributed by atoms with Crippen LogP contribution in [0.25, 0.3) is 10.6 Å². The Balaban J connectivity index is 1.50. The van der Waals surface area contributed by atoms with E-state index in [1.54, 1.807) is 11.3 Å². The zero-order chi connectivity index (χ0) is 16.8. The Hall–Kier alpha value is -2.46. The van der Waals surface area contributed by atoms with Gasteiger partial charge in [-0.3, -0.25) is 4.79 Å². The van der Waals surface area contributed by atoms with Gasteiger partial charge >= 0.3 is 0 Å². The van der Waals surface area contributed by atoms with Crippen LogP contribution in [-0.4, -0.2) is 10.9 Å². The number of hydrogen-bond acceptors (Lipinski definition) is 3. The van der Waals surface area contributed by atoms with Crippen LogP contribution in [0.4, 0.5) is 0 Å². The third-order valence-electron chi connectivity index (χ3n) is 3.79. The first-order valence-electron chi connectivity index (χ1n) is 8.03. The average molecular weight is 336 g/mol. The second kappa shape index (κ2) is 7.88. The highest BCUT2D eigenvalue weighted by Crippen LogP contribution is 2.24. The molecule has 24 heavy (non-hydrogen) atoms. The number of benzene rings is 2. The Morgan fingerprint density at radius 2 is 1.83 bits per heavy atom. The maximum absolute atomic E-state index is 12.0. The molecule has 0 saturated heterocycles. The molecule has 1 heterocycles. The molecule has 3 rings (SSSR count). The largest absolute Gasteiger partial charge is 0.352 e. The highest BCUT2D eigenvalue weighted by Gasteiger charge is 2.07. The Kier molecular flexibility index (Phi) is 5.39. The van der Waals surface area contributed by atoms with Crippen molar-refractivity contribution < 1.29 is 4.79 Å². The van der Waals surface area contributed by atoms with Crippen molar-refractivity contribution in [3.63, 3.8) is 0 Å². The molecule has 4 heteroatoms. The fourth-order valence-electron chi connectivity index (χ4n) is 2.38. The predicted octanol–water partition coefficient (Wildman–Crippen LogP) is 4.37. The molecule has 0 aliphatic carbocycles. The van der Waals surface area contributed by atoms with Crippen LogP contribution in [0.1, 0.15) is 23.2 Å². The molecule has 0 atom stereocenters. The molecule has 0 radical (unpaired) electrons. The normalized spacial score (nSPS) is 10.5. The van der Waals surface area contributed by atoms with Gasteiger partial charge in [0, 0.05) is 23.9 Å². The van der Waals surface area contributed by atoms with Crippen molar-refractivity contribution in [1.82, 2.24) is 10.3 Å². The minimum atomic E-state index is 0.0590. The number of carbonyl (C=O) groups excluding carboxylic acids is 1. The van der Waals surface area contributed by atoms with Gasteiger partial charge in [-0.25, -0.2) is 4.98 Å². The van der Waals surface area contributed by atoms with Gasteiger partial charge in [0.1, 0.15) is 5.01 Å². The highest BCUT2D eigenvalue weighted by molar-refractivity contribution is 7.13. The van der Waals surface area contributed by atoms with Crippen LogP contribution >= 0.6 is 11.3 Å². The summed E-state index contributed by atoms with van der Waals surface area (Å²) in [5.74, 6) is 0.0590. The summed E-state index contributed by atoms with van der Waals surface area (Å²) >= 11 is 1.63. The van der Waals surface area contributed by atoms with Crippen molar-refractivity contribution in [1.29, 1.82) is 0 Å². The van der Waals surface area contributed by atoms with Gasteiger partial charge in [-0.05, 0) is 18.9 Å². The van der Waals surface area contributed by atoms with E-state index in [0.29, 0.717) is 19.4 Å². The number of amides is 1. The Morgan fingerprint density at radius 1 is 1.08 bits per heavy atom. The van der Waals surface area contributed by atoms with Crippen molar-refractivity contribution in [2.45, 2.75) is 26.3 Å². The predicted molar refractivity (Wildman–Crippen MR) is 98.9 cm³/mol. The third-order valence-corrected chi connectivity index (χ3v) is 4.73. The summed E-state index contributed by atoms with van der Waals surface area (Å²) in [4.78, 5) is 16.6. The first-order chi connectivity index (χ1) is 11.7. The molecule has 2 aromatic carbocycles. The quantitative estimate of drug-likeness (QED) is 0.726. The van der Waals surface area contributed by atoms with E-state index in [4.69, 9.17) is 0 Å².